The van der Waals surface area contributed by atoms with Crippen LogP contribution in [-0.2, 0) is 0 Å². The molecule has 2 rings (SSSR count). The number of carbonyl (C=O) groups excluding carboxylic acids is 1. The van der Waals surface area contributed by atoms with Crippen molar-refractivity contribution >= 4 is 21.7 Å². The summed E-state index contributed by atoms with van der Waals surface area (Å²) in [5, 5.41) is 8.97. The molecule has 0 aliphatic carbocycles. The lowest BCUT2D eigenvalue weighted by atomic mass is 10.1. The van der Waals surface area contributed by atoms with E-state index in [1.807, 2.05) is 6.07 Å². The van der Waals surface area contributed by atoms with Gasteiger partial charge in [0.25, 0.3) is 0 Å². The number of ketones is 1. The normalized spacial score (nSPS) is 10.0. The third-order valence-electron chi connectivity index (χ3n) is 2.66. The van der Waals surface area contributed by atoms with Gasteiger partial charge in [-0.3, -0.25) is 4.79 Å². The third kappa shape index (κ3) is 3.64. The summed E-state index contributed by atoms with van der Waals surface area (Å²) in [5.74, 6) is -2.38. The molecule has 0 bridgehead atoms. The fourth-order valence-corrected chi connectivity index (χ4v) is 1.97. The Balaban J connectivity index is 2.11. The van der Waals surface area contributed by atoms with E-state index in [0.717, 1.165) is 12.1 Å². The highest BCUT2D eigenvalue weighted by molar-refractivity contribution is 9.10. The first-order chi connectivity index (χ1) is 10.0. The highest BCUT2D eigenvalue weighted by Crippen LogP contribution is 2.22. The van der Waals surface area contributed by atoms with Gasteiger partial charge < -0.3 is 4.74 Å². The van der Waals surface area contributed by atoms with Gasteiger partial charge in [0.2, 0.25) is 0 Å². The lowest BCUT2D eigenvalue weighted by Crippen LogP contribution is -2.12. The largest absolute Gasteiger partial charge is 0.484 e. The molecule has 0 N–H and O–H groups in total. The molecule has 2 aromatic rings. The molecular weight excluding hydrogens is 344 g/mol. The summed E-state index contributed by atoms with van der Waals surface area (Å²) in [5.41, 5.74) is 0.270. The average molecular weight is 352 g/mol. The molecule has 21 heavy (non-hydrogen) atoms. The minimum atomic E-state index is -1.10. The van der Waals surface area contributed by atoms with Crippen LogP contribution in [0.5, 0.6) is 5.75 Å². The predicted octanol–water partition coefficient (Wildman–Crippen LogP) is 3.86. The van der Waals surface area contributed by atoms with E-state index in [4.69, 9.17) is 10.00 Å². The number of hydrogen-bond acceptors (Lipinski definition) is 3. The second-order valence-corrected chi connectivity index (χ2v) is 5.01. The summed E-state index contributed by atoms with van der Waals surface area (Å²) in [6.07, 6.45) is 0. The zero-order valence-electron chi connectivity index (χ0n) is 10.6. The van der Waals surface area contributed by atoms with E-state index in [2.05, 4.69) is 15.9 Å². The van der Waals surface area contributed by atoms with Crippen LogP contribution in [0.2, 0.25) is 0 Å². The Bertz CT molecular complexity index is 741. The first-order valence-corrected chi connectivity index (χ1v) is 6.61. The summed E-state index contributed by atoms with van der Waals surface area (Å²) >= 11 is 3.22. The van der Waals surface area contributed by atoms with Gasteiger partial charge in [0.05, 0.1) is 5.56 Å². The molecule has 0 saturated carbocycles. The smallest absolute Gasteiger partial charge is 0.200 e. The van der Waals surface area contributed by atoms with Gasteiger partial charge in [0.1, 0.15) is 11.8 Å². The Kier molecular flexibility index (Phi) is 4.66. The molecule has 0 amide bonds. The van der Waals surface area contributed by atoms with E-state index in [9.17, 15) is 13.6 Å². The first kappa shape index (κ1) is 15.1. The molecule has 6 heteroatoms. The van der Waals surface area contributed by atoms with Crippen LogP contribution >= 0.6 is 15.9 Å². The summed E-state index contributed by atoms with van der Waals surface area (Å²) in [6.45, 7) is -0.374. The summed E-state index contributed by atoms with van der Waals surface area (Å²) in [7, 11) is 0. The monoisotopic (exact) mass is 351 g/mol. The van der Waals surface area contributed by atoms with E-state index in [1.54, 1.807) is 18.2 Å². The Morgan fingerprint density at radius 1 is 1.19 bits per heavy atom. The summed E-state index contributed by atoms with van der Waals surface area (Å²) in [6, 6.07) is 9.57. The van der Waals surface area contributed by atoms with Crippen molar-refractivity contribution in [3.05, 3.63) is 63.6 Å². The van der Waals surface area contributed by atoms with Crippen LogP contribution in [0.15, 0.2) is 40.9 Å². The Morgan fingerprint density at radius 2 is 1.95 bits per heavy atom. The van der Waals surface area contributed by atoms with Gasteiger partial charge in [0.15, 0.2) is 24.0 Å². The number of hydrogen-bond donors (Lipinski definition) is 0. The van der Waals surface area contributed by atoms with Gasteiger partial charge in [-0.15, -0.1) is 0 Å². The molecule has 106 valence electrons. The van der Waals surface area contributed by atoms with Crippen molar-refractivity contribution in [3.63, 3.8) is 0 Å². The number of ether oxygens (including phenoxy) is 1. The fourth-order valence-electron chi connectivity index (χ4n) is 1.61. The molecule has 3 nitrogen and oxygen atoms in total. The SMILES string of the molecule is N#Cc1cc(Br)ccc1OCC(=O)c1ccc(F)c(F)c1. The van der Waals surface area contributed by atoms with E-state index in [-0.39, 0.29) is 23.5 Å². The number of nitrogens with zero attached hydrogens (tertiary/aromatic N) is 1. The van der Waals surface area contributed by atoms with Crippen LogP contribution in [0.4, 0.5) is 8.78 Å². The zero-order chi connectivity index (χ0) is 15.4. The second-order valence-electron chi connectivity index (χ2n) is 4.09. The van der Waals surface area contributed by atoms with Crippen LogP contribution in [0.3, 0.4) is 0 Å². The Hall–Kier alpha value is -2.26. The van der Waals surface area contributed by atoms with Crippen molar-refractivity contribution in [2.75, 3.05) is 6.61 Å². The zero-order valence-corrected chi connectivity index (χ0v) is 12.2. The first-order valence-electron chi connectivity index (χ1n) is 5.82. The maximum absolute atomic E-state index is 13.0. The molecule has 0 radical (unpaired) electrons. The van der Waals surface area contributed by atoms with Gasteiger partial charge in [-0.2, -0.15) is 5.26 Å². The lowest BCUT2D eigenvalue weighted by Gasteiger charge is -2.07. The number of Topliss-reactive ketones (excluding diaryl/α,β-unsaturated/α-hetero) is 1. The molecule has 0 fully saturated rings. The molecule has 0 atom stereocenters. The lowest BCUT2D eigenvalue weighted by molar-refractivity contribution is 0.0921. The fraction of sp³-hybridized carbons (Fsp3) is 0.0667. The maximum atomic E-state index is 13.0. The minimum absolute atomic E-state index is 0.00418. The molecular formula is C15H8BrF2NO2. The third-order valence-corrected chi connectivity index (χ3v) is 3.16. The van der Waals surface area contributed by atoms with Crippen molar-refractivity contribution in [2.45, 2.75) is 0 Å². The maximum Gasteiger partial charge on any atom is 0.200 e. The molecule has 0 spiro atoms. The van der Waals surface area contributed by atoms with Crippen LogP contribution in [0.25, 0.3) is 0 Å². The summed E-state index contributed by atoms with van der Waals surface area (Å²) < 4.78 is 31.8. The van der Waals surface area contributed by atoms with Gasteiger partial charge in [-0.05, 0) is 36.4 Å². The predicted molar refractivity (Wildman–Crippen MR) is 75.0 cm³/mol. The Morgan fingerprint density at radius 3 is 2.62 bits per heavy atom. The van der Waals surface area contributed by atoms with Gasteiger partial charge in [0, 0.05) is 10.0 Å². The topological polar surface area (TPSA) is 50.1 Å². The number of halogens is 3. The highest BCUT2D eigenvalue weighted by atomic mass is 79.9. The van der Waals surface area contributed by atoms with Crippen molar-refractivity contribution < 1.29 is 18.3 Å². The molecule has 0 aromatic heterocycles. The number of carbonyl (C=O) groups is 1. The Labute approximate surface area is 127 Å². The number of rotatable bonds is 4. The number of benzene rings is 2. The van der Waals surface area contributed by atoms with E-state index in [1.165, 1.54) is 6.07 Å². The van der Waals surface area contributed by atoms with Gasteiger partial charge >= 0.3 is 0 Å². The van der Waals surface area contributed by atoms with Crippen LogP contribution in [0.1, 0.15) is 15.9 Å². The van der Waals surface area contributed by atoms with Crippen LogP contribution in [-0.4, -0.2) is 12.4 Å². The molecule has 0 aliphatic rings. The average Bonchev–Trinajstić information content (AvgIpc) is 2.48. The van der Waals surface area contributed by atoms with Gasteiger partial charge in [-0.1, -0.05) is 15.9 Å². The van der Waals surface area contributed by atoms with Crippen molar-refractivity contribution in [1.82, 2.24) is 0 Å². The van der Waals surface area contributed by atoms with E-state index < -0.39 is 17.4 Å². The van der Waals surface area contributed by atoms with Crippen molar-refractivity contribution in [1.29, 1.82) is 5.26 Å². The second kappa shape index (κ2) is 6.46. The van der Waals surface area contributed by atoms with Crippen LogP contribution < -0.4 is 4.74 Å². The molecule has 0 unspecified atom stereocenters. The minimum Gasteiger partial charge on any atom is -0.484 e. The molecule has 0 heterocycles. The van der Waals surface area contributed by atoms with Crippen molar-refractivity contribution in [2.24, 2.45) is 0 Å². The quantitative estimate of drug-likeness (QED) is 0.786. The van der Waals surface area contributed by atoms with Gasteiger partial charge in [-0.25, -0.2) is 8.78 Å². The molecule has 0 saturated heterocycles. The standard InChI is InChI=1S/C15H8BrF2NO2/c16-11-2-4-15(10(5-11)7-19)21-8-14(20)9-1-3-12(17)13(18)6-9/h1-6H,8H2. The molecule has 2 aromatic carbocycles. The van der Waals surface area contributed by atoms with E-state index >= 15 is 0 Å². The van der Waals surface area contributed by atoms with Crippen molar-refractivity contribution in [3.8, 4) is 11.8 Å². The van der Waals surface area contributed by atoms with E-state index in [0.29, 0.717) is 4.47 Å². The highest BCUT2D eigenvalue weighted by Gasteiger charge is 2.12. The number of nitriles is 1. The van der Waals surface area contributed by atoms with Crippen LogP contribution in [0, 0.1) is 23.0 Å². The summed E-state index contributed by atoms with van der Waals surface area (Å²) in [4.78, 5) is 11.8. The molecule has 0 aliphatic heterocycles.